The second kappa shape index (κ2) is 8.71. The van der Waals surface area contributed by atoms with Crippen molar-refractivity contribution >= 4 is 11.9 Å². The molecule has 6 fully saturated rings. The van der Waals surface area contributed by atoms with Gasteiger partial charge in [0.25, 0.3) is 0 Å². The molecule has 1 saturated heterocycles. The topological polar surface area (TPSA) is 72.8 Å². The Hall–Kier alpha value is -1.10. The fraction of sp³-hybridized carbons (Fsp3) is 0.941. The van der Waals surface area contributed by atoms with Crippen molar-refractivity contribution < 1.29 is 24.2 Å². The van der Waals surface area contributed by atoms with E-state index >= 15 is 0 Å². The standard InChI is InChI=1S/C34H54O5/c1-29(2)16-18-34-19-17-32(6)21(27(34)28(29)38-20-34)8-9-23-31(5)14-13-24(39-26(37)11-10-25(35)36)30(3,4)22(31)12-15-33(23,32)7/h21-24,27-28H,8-20H2,1-7H3,(H,35,36)/t21-,22+,23+,24+,27-,28+,31-,32+,33+,34+/m0/s1. The van der Waals surface area contributed by atoms with E-state index in [9.17, 15) is 9.59 Å². The van der Waals surface area contributed by atoms with Crippen molar-refractivity contribution in [2.45, 2.75) is 138 Å². The van der Waals surface area contributed by atoms with Gasteiger partial charge in [-0.15, -0.1) is 0 Å². The summed E-state index contributed by atoms with van der Waals surface area (Å²) < 4.78 is 12.7. The van der Waals surface area contributed by atoms with Crippen LogP contribution in [0.5, 0.6) is 0 Å². The van der Waals surface area contributed by atoms with Gasteiger partial charge in [0.05, 0.1) is 25.6 Å². The van der Waals surface area contributed by atoms with E-state index in [4.69, 9.17) is 14.6 Å². The summed E-state index contributed by atoms with van der Waals surface area (Å²) in [4.78, 5) is 23.5. The Morgan fingerprint density at radius 2 is 1.51 bits per heavy atom. The van der Waals surface area contributed by atoms with Crippen LogP contribution in [0.4, 0.5) is 0 Å². The van der Waals surface area contributed by atoms with E-state index in [0.29, 0.717) is 34.2 Å². The number of fused-ring (bicyclic) bond motifs is 5. The maximum Gasteiger partial charge on any atom is 0.306 e. The summed E-state index contributed by atoms with van der Waals surface area (Å²) >= 11 is 0. The van der Waals surface area contributed by atoms with Gasteiger partial charge in [-0.2, -0.15) is 0 Å². The molecule has 0 spiro atoms. The number of carboxylic acid groups (broad SMARTS) is 1. The molecule has 0 amide bonds. The monoisotopic (exact) mass is 542 g/mol. The van der Waals surface area contributed by atoms with E-state index in [1.807, 2.05) is 0 Å². The summed E-state index contributed by atoms with van der Waals surface area (Å²) in [5.74, 6) is 1.40. The van der Waals surface area contributed by atoms with Crippen LogP contribution in [0, 0.1) is 56.2 Å². The fourth-order valence-electron chi connectivity index (χ4n) is 12.6. The third-order valence-corrected chi connectivity index (χ3v) is 14.9. The molecule has 5 heteroatoms. The van der Waals surface area contributed by atoms with E-state index in [-0.39, 0.29) is 41.2 Å². The molecule has 5 aliphatic carbocycles. The summed E-state index contributed by atoms with van der Waals surface area (Å²) in [6.07, 6.45) is 12.6. The Morgan fingerprint density at radius 3 is 2.23 bits per heavy atom. The van der Waals surface area contributed by atoms with Gasteiger partial charge in [-0.3, -0.25) is 9.59 Å². The van der Waals surface area contributed by atoms with Crippen LogP contribution in [-0.2, 0) is 19.1 Å². The molecule has 0 aromatic rings. The van der Waals surface area contributed by atoms with Crippen molar-refractivity contribution in [2.24, 2.45) is 56.2 Å². The molecule has 10 atom stereocenters. The van der Waals surface area contributed by atoms with Gasteiger partial charge in [0.15, 0.2) is 0 Å². The first-order valence-electron chi connectivity index (χ1n) is 16.1. The molecule has 1 heterocycles. The summed E-state index contributed by atoms with van der Waals surface area (Å²) in [6.45, 7) is 18.6. The highest BCUT2D eigenvalue weighted by molar-refractivity contribution is 5.76. The lowest BCUT2D eigenvalue weighted by Gasteiger charge is -2.73. The zero-order valence-electron chi connectivity index (χ0n) is 25.7. The molecule has 0 radical (unpaired) electrons. The molecular formula is C34H54O5. The average molecular weight is 543 g/mol. The number of esters is 1. The number of ether oxygens (including phenoxy) is 2. The van der Waals surface area contributed by atoms with Crippen molar-refractivity contribution in [3.05, 3.63) is 0 Å². The smallest absolute Gasteiger partial charge is 0.306 e. The van der Waals surface area contributed by atoms with Crippen LogP contribution < -0.4 is 0 Å². The van der Waals surface area contributed by atoms with Gasteiger partial charge in [0, 0.05) is 5.41 Å². The zero-order chi connectivity index (χ0) is 28.2. The van der Waals surface area contributed by atoms with Crippen LogP contribution in [-0.4, -0.2) is 35.9 Å². The lowest BCUT2D eigenvalue weighted by Crippen LogP contribution is -2.67. The summed E-state index contributed by atoms with van der Waals surface area (Å²) in [5.41, 5.74) is 1.52. The minimum absolute atomic E-state index is 0.0333. The molecule has 0 aromatic carbocycles. The first kappa shape index (κ1) is 28.0. The molecule has 1 aliphatic heterocycles. The van der Waals surface area contributed by atoms with Gasteiger partial charge in [-0.05, 0) is 115 Å². The third kappa shape index (κ3) is 3.72. The summed E-state index contributed by atoms with van der Waals surface area (Å²) in [7, 11) is 0. The van der Waals surface area contributed by atoms with E-state index in [1.165, 1.54) is 51.4 Å². The second-order valence-corrected chi connectivity index (χ2v) is 17.0. The molecule has 5 nitrogen and oxygen atoms in total. The maximum atomic E-state index is 12.5. The molecule has 1 N–H and O–H groups in total. The lowest BCUT2D eigenvalue weighted by atomic mass is 9.31. The summed E-state index contributed by atoms with van der Waals surface area (Å²) in [5, 5.41) is 9.00. The van der Waals surface area contributed by atoms with Crippen molar-refractivity contribution in [1.82, 2.24) is 0 Å². The quantitative estimate of drug-likeness (QED) is 0.369. The Balaban J connectivity index is 1.27. The van der Waals surface area contributed by atoms with Crippen LogP contribution in [0.1, 0.15) is 126 Å². The van der Waals surface area contributed by atoms with Gasteiger partial charge in [0.2, 0.25) is 0 Å². The van der Waals surface area contributed by atoms with Crippen molar-refractivity contribution in [1.29, 1.82) is 0 Å². The summed E-state index contributed by atoms with van der Waals surface area (Å²) in [6, 6.07) is 0. The van der Waals surface area contributed by atoms with Crippen molar-refractivity contribution in [3.8, 4) is 0 Å². The Kier molecular flexibility index (Phi) is 6.26. The van der Waals surface area contributed by atoms with Crippen molar-refractivity contribution in [3.63, 3.8) is 0 Å². The predicted molar refractivity (Wildman–Crippen MR) is 151 cm³/mol. The first-order valence-corrected chi connectivity index (χ1v) is 16.1. The second-order valence-electron chi connectivity index (χ2n) is 17.0. The maximum absolute atomic E-state index is 12.5. The Morgan fingerprint density at radius 1 is 0.795 bits per heavy atom. The van der Waals surface area contributed by atoms with E-state index < -0.39 is 5.97 Å². The van der Waals surface area contributed by atoms with Gasteiger partial charge >= 0.3 is 11.9 Å². The van der Waals surface area contributed by atoms with E-state index in [0.717, 1.165) is 31.3 Å². The zero-order valence-corrected chi connectivity index (χ0v) is 25.7. The van der Waals surface area contributed by atoms with E-state index in [1.54, 1.807) is 0 Å². The van der Waals surface area contributed by atoms with Gasteiger partial charge in [-0.25, -0.2) is 0 Å². The molecule has 5 saturated carbocycles. The fourth-order valence-corrected chi connectivity index (χ4v) is 12.6. The van der Waals surface area contributed by atoms with Crippen LogP contribution in [0.15, 0.2) is 0 Å². The number of carbonyl (C=O) groups excluding carboxylic acids is 1. The number of rotatable bonds is 4. The largest absolute Gasteiger partial charge is 0.481 e. The number of carbonyl (C=O) groups is 2. The average Bonchev–Trinajstić information content (AvgIpc) is 3.19. The molecular weight excluding hydrogens is 488 g/mol. The highest BCUT2D eigenvalue weighted by atomic mass is 16.5. The van der Waals surface area contributed by atoms with Crippen LogP contribution >= 0.6 is 0 Å². The molecule has 220 valence electrons. The molecule has 6 aliphatic rings. The molecule has 39 heavy (non-hydrogen) atoms. The molecule has 0 aromatic heterocycles. The lowest BCUT2D eigenvalue weighted by molar-refractivity contribution is -0.254. The number of hydrogen-bond donors (Lipinski definition) is 1. The van der Waals surface area contributed by atoms with Gasteiger partial charge in [0.1, 0.15) is 6.10 Å². The minimum Gasteiger partial charge on any atom is -0.481 e. The first-order chi connectivity index (χ1) is 18.1. The number of carboxylic acids is 1. The normalized spacial score (nSPS) is 51.1. The minimum atomic E-state index is -0.942. The Labute approximate surface area is 236 Å². The van der Waals surface area contributed by atoms with E-state index in [2.05, 4.69) is 48.5 Å². The number of hydrogen-bond acceptors (Lipinski definition) is 4. The number of aliphatic carboxylic acids is 1. The highest BCUT2D eigenvalue weighted by Crippen LogP contribution is 2.78. The van der Waals surface area contributed by atoms with Crippen LogP contribution in [0.2, 0.25) is 0 Å². The highest BCUT2D eigenvalue weighted by Gasteiger charge is 2.72. The van der Waals surface area contributed by atoms with Crippen LogP contribution in [0.25, 0.3) is 0 Å². The van der Waals surface area contributed by atoms with Crippen molar-refractivity contribution in [2.75, 3.05) is 6.61 Å². The Bertz CT molecular complexity index is 1030. The van der Waals surface area contributed by atoms with Crippen LogP contribution in [0.3, 0.4) is 0 Å². The molecule has 6 rings (SSSR count). The van der Waals surface area contributed by atoms with Gasteiger partial charge < -0.3 is 14.6 Å². The third-order valence-electron chi connectivity index (χ3n) is 14.9. The SMILES string of the molecule is CC1(C)CC[C@]23CC[C@]4(C)[C@@H](CC[C@@H]5[C@@]6(C)CC[C@@H](OC(=O)CCC(=O)O)C(C)(C)[C@H]6CC[C@]54C)[C@H]2[C@H]1OC3. The molecule has 2 bridgehead atoms. The van der Waals surface area contributed by atoms with Gasteiger partial charge in [-0.1, -0.05) is 48.5 Å². The molecule has 0 unspecified atom stereocenters. The predicted octanol–water partition coefficient (Wildman–Crippen LogP) is 7.65.